The molecule has 36 heavy (non-hydrogen) atoms. The number of hydrogen-bond acceptors (Lipinski definition) is 9. The zero-order valence-corrected chi connectivity index (χ0v) is 20.9. The highest BCUT2D eigenvalue weighted by Gasteiger charge is 2.48. The number of amides is 1. The van der Waals surface area contributed by atoms with Crippen LogP contribution in [0.25, 0.3) is 5.76 Å². The van der Waals surface area contributed by atoms with Crippen LogP contribution in [0.1, 0.15) is 52.8 Å². The summed E-state index contributed by atoms with van der Waals surface area (Å²) in [5, 5.41) is 11.4. The number of aromatic nitrogens is 2. The molecule has 0 saturated carbocycles. The number of carbonyl (C=O) groups excluding carboxylic acids is 3. The van der Waals surface area contributed by atoms with Gasteiger partial charge in [-0.1, -0.05) is 24.3 Å². The van der Waals surface area contributed by atoms with Gasteiger partial charge in [-0.15, -0.1) is 0 Å². The molecule has 3 heterocycles. The Morgan fingerprint density at radius 2 is 1.92 bits per heavy atom. The molecule has 3 aromatic rings. The summed E-state index contributed by atoms with van der Waals surface area (Å²) in [4.78, 5) is 48.8. The van der Waals surface area contributed by atoms with Crippen LogP contribution in [0.3, 0.4) is 0 Å². The van der Waals surface area contributed by atoms with E-state index in [2.05, 4.69) is 9.97 Å². The third-order valence-corrected chi connectivity index (χ3v) is 6.63. The van der Waals surface area contributed by atoms with Gasteiger partial charge in [0.25, 0.3) is 5.78 Å². The second-order valence-corrected chi connectivity index (χ2v) is 8.94. The molecule has 186 valence electrons. The molecule has 1 fully saturated rings. The largest absolute Gasteiger partial charge is 0.507 e. The number of thiazole rings is 1. The lowest BCUT2D eigenvalue weighted by atomic mass is 9.96. The van der Waals surface area contributed by atoms with Crippen molar-refractivity contribution in [2.45, 2.75) is 33.2 Å². The van der Waals surface area contributed by atoms with Crippen molar-refractivity contribution in [1.82, 2.24) is 9.97 Å². The van der Waals surface area contributed by atoms with E-state index in [0.717, 1.165) is 17.8 Å². The summed E-state index contributed by atoms with van der Waals surface area (Å²) < 4.78 is 10.7. The number of benzene rings is 1. The minimum Gasteiger partial charge on any atom is -0.507 e. The SMILES string of the molecule is CCCOc1ccc(/C(O)=C2\C(=O)C(=O)N(c3nc(C)c(C(=O)OCC)s3)C2c2cccnc2)cc1. The van der Waals surface area contributed by atoms with Gasteiger partial charge in [-0.3, -0.25) is 19.5 Å². The van der Waals surface area contributed by atoms with E-state index in [-0.39, 0.29) is 27.9 Å². The van der Waals surface area contributed by atoms with Gasteiger partial charge in [0.05, 0.1) is 30.5 Å². The first-order valence-corrected chi connectivity index (χ1v) is 12.3. The number of ketones is 1. The molecule has 1 amide bonds. The smallest absolute Gasteiger partial charge is 0.350 e. The Morgan fingerprint density at radius 3 is 2.56 bits per heavy atom. The summed E-state index contributed by atoms with van der Waals surface area (Å²) in [7, 11) is 0. The molecule has 0 aliphatic carbocycles. The number of ether oxygens (including phenoxy) is 2. The number of aliphatic hydroxyl groups excluding tert-OH is 1. The lowest BCUT2D eigenvalue weighted by Gasteiger charge is -2.22. The minimum atomic E-state index is -0.990. The van der Waals surface area contributed by atoms with Crippen molar-refractivity contribution in [2.24, 2.45) is 0 Å². The molecule has 2 aromatic heterocycles. The maximum Gasteiger partial charge on any atom is 0.350 e. The number of hydrogen-bond donors (Lipinski definition) is 1. The monoisotopic (exact) mass is 507 g/mol. The number of anilines is 1. The molecular weight excluding hydrogens is 482 g/mol. The second kappa shape index (κ2) is 10.7. The summed E-state index contributed by atoms with van der Waals surface area (Å²) in [6.45, 7) is 6.06. The maximum atomic E-state index is 13.3. The Balaban J connectivity index is 1.82. The zero-order valence-electron chi connectivity index (χ0n) is 20.1. The molecule has 0 bridgehead atoms. The second-order valence-electron chi connectivity index (χ2n) is 7.96. The first-order chi connectivity index (χ1) is 17.4. The minimum absolute atomic E-state index is 0.0965. The van der Waals surface area contributed by atoms with E-state index in [9.17, 15) is 19.5 Å². The number of aryl methyl sites for hydroxylation is 1. The number of carbonyl (C=O) groups is 3. The van der Waals surface area contributed by atoms with Gasteiger partial charge >= 0.3 is 11.9 Å². The Morgan fingerprint density at radius 1 is 1.17 bits per heavy atom. The molecule has 1 aliphatic rings. The Labute approximate surface area is 212 Å². The number of pyridine rings is 1. The average Bonchev–Trinajstić information content (AvgIpc) is 3.40. The van der Waals surface area contributed by atoms with E-state index in [1.807, 2.05) is 6.92 Å². The standard InChI is InChI=1S/C26H25N3O6S/c1-4-13-35-18-10-8-16(9-11-18)21(30)19-20(17-7-6-12-27-14-17)29(24(32)22(19)31)26-28-15(3)23(36-26)25(33)34-5-2/h6-12,14,20,30H,4-5,13H2,1-3H3/b21-19+. The lowest BCUT2D eigenvalue weighted by molar-refractivity contribution is -0.132. The molecule has 0 radical (unpaired) electrons. The number of aliphatic hydroxyl groups is 1. The van der Waals surface area contributed by atoms with Crippen LogP contribution in [0.4, 0.5) is 5.13 Å². The zero-order chi connectivity index (χ0) is 25.8. The molecule has 1 atom stereocenters. The molecule has 9 nitrogen and oxygen atoms in total. The Bertz CT molecular complexity index is 1320. The molecular formula is C26H25N3O6S. The van der Waals surface area contributed by atoms with Crippen LogP contribution < -0.4 is 9.64 Å². The molecule has 1 N–H and O–H groups in total. The fraction of sp³-hybridized carbons (Fsp3) is 0.269. The fourth-order valence-corrected chi connectivity index (χ4v) is 4.83. The van der Waals surface area contributed by atoms with Crippen LogP contribution in [0.15, 0.2) is 54.4 Å². The van der Waals surface area contributed by atoms with E-state index in [1.165, 1.54) is 11.1 Å². The van der Waals surface area contributed by atoms with Crippen molar-refractivity contribution in [3.8, 4) is 5.75 Å². The van der Waals surface area contributed by atoms with Crippen molar-refractivity contribution in [1.29, 1.82) is 0 Å². The molecule has 1 aliphatic heterocycles. The van der Waals surface area contributed by atoms with E-state index < -0.39 is 23.7 Å². The molecule has 1 aromatic carbocycles. The van der Waals surface area contributed by atoms with Crippen LogP contribution in [-0.2, 0) is 14.3 Å². The predicted octanol–water partition coefficient (Wildman–Crippen LogP) is 4.44. The van der Waals surface area contributed by atoms with Crippen molar-refractivity contribution in [3.63, 3.8) is 0 Å². The molecule has 4 rings (SSSR count). The Hall–Kier alpha value is -4.05. The number of esters is 1. The summed E-state index contributed by atoms with van der Waals surface area (Å²) in [6, 6.07) is 9.02. The maximum absolute atomic E-state index is 13.3. The third kappa shape index (κ3) is 4.72. The van der Waals surface area contributed by atoms with Crippen molar-refractivity contribution in [3.05, 3.63) is 76.1 Å². The predicted molar refractivity (Wildman–Crippen MR) is 134 cm³/mol. The number of Topliss-reactive ketones (excluding diaryl/α,β-unsaturated/α-hetero) is 1. The van der Waals surface area contributed by atoms with Crippen LogP contribution in [-0.4, -0.2) is 45.9 Å². The molecule has 1 saturated heterocycles. The van der Waals surface area contributed by atoms with Gasteiger partial charge in [0.1, 0.15) is 16.4 Å². The van der Waals surface area contributed by atoms with E-state index in [1.54, 1.807) is 56.4 Å². The van der Waals surface area contributed by atoms with E-state index in [4.69, 9.17) is 9.47 Å². The van der Waals surface area contributed by atoms with Crippen molar-refractivity contribution < 1.29 is 29.0 Å². The van der Waals surface area contributed by atoms with Gasteiger partial charge in [0.2, 0.25) is 0 Å². The van der Waals surface area contributed by atoms with Gasteiger partial charge in [-0.05, 0) is 56.2 Å². The highest BCUT2D eigenvalue weighted by Crippen LogP contribution is 2.43. The Kier molecular flexibility index (Phi) is 7.44. The van der Waals surface area contributed by atoms with Crippen LogP contribution in [0.5, 0.6) is 5.75 Å². The van der Waals surface area contributed by atoms with Gasteiger partial charge in [0, 0.05) is 18.0 Å². The molecule has 1 unspecified atom stereocenters. The summed E-state index contributed by atoms with van der Waals surface area (Å²) in [5.41, 5.74) is 1.14. The summed E-state index contributed by atoms with van der Waals surface area (Å²) in [6.07, 6.45) is 3.94. The van der Waals surface area contributed by atoms with Gasteiger partial charge in [-0.25, -0.2) is 9.78 Å². The highest BCUT2D eigenvalue weighted by atomic mass is 32.1. The van der Waals surface area contributed by atoms with Crippen LogP contribution in [0, 0.1) is 6.92 Å². The van der Waals surface area contributed by atoms with Gasteiger partial charge in [-0.2, -0.15) is 0 Å². The average molecular weight is 508 g/mol. The number of rotatable bonds is 8. The normalized spacial score (nSPS) is 16.9. The topological polar surface area (TPSA) is 119 Å². The van der Waals surface area contributed by atoms with Gasteiger partial charge < -0.3 is 14.6 Å². The molecule has 10 heteroatoms. The first kappa shape index (κ1) is 25.1. The highest BCUT2D eigenvalue weighted by molar-refractivity contribution is 7.17. The summed E-state index contributed by atoms with van der Waals surface area (Å²) >= 11 is 0.954. The van der Waals surface area contributed by atoms with E-state index in [0.29, 0.717) is 29.2 Å². The fourth-order valence-electron chi connectivity index (χ4n) is 3.84. The van der Waals surface area contributed by atoms with Crippen LogP contribution in [0.2, 0.25) is 0 Å². The third-order valence-electron chi connectivity index (χ3n) is 5.50. The quantitative estimate of drug-likeness (QED) is 0.206. The lowest BCUT2D eigenvalue weighted by Crippen LogP contribution is -2.29. The molecule has 0 spiro atoms. The van der Waals surface area contributed by atoms with Gasteiger partial charge in [0.15, 0.2) is 5.13 Å². The van der Waals surface area contributed by atoms with E-state index >= 15 is 0 Å². The van der Waals surface area contributed by atoms with Crippen LogP contribution >= 0.6 is 11.3 Å². The summed E-state index contributed by atoms with van der Waals surface area (Å²) in [5.74, 6) is -1.98. The first-order valence-electron chi connectivity index (χ1n) is 11.5. The number of nitrogens with zero attached hydrogens (tertiary/aromatic N) is 3. The van der Waals surface area contributed by atoms with Crippen molar-refractivity contribution >= 4 is 39.9 Å². The van der Waals surface area contributed by atoms with Crippen molar-refractivity contribution in [2.75, 3.05) is 18.1 Å².